The number of nitrogens with one attached hydrogen (secondary N) is 1. The average Bonchev–Trinajstić information content (AvgIpc) is 2.63. The van der Waals surface area contributed by atoms with Crippen molar-refractivity contribution in [3.8, 4) is 0 Å². The van der Waals surface area contributed by atoms with E-state index in [1.807, 2.05) is 20.8 Å². The molecule has 0 spiro atoms. The second-order valence-corrected chi connectivity index (χ2v) is 4.08. The smallest absolute Gasteiger partial charge is 0.333 e. The summed E-state index contributed by atoms with van der Waals surface area (Å²) < 4.78 is 6.79. The van der Waals surface area contributed by atoms with E-state index in [1.165, 1.54) is 4.68 Å². The summed E-state index contributed by atoms with van der Waals surface area (Å²) in [5.41, 5.74) is 0.553. The van der Waals surface area contributed by atoms with Gasteiger partial charge in [0.05, 0.1) is 11.5 Å². The fourth-order valence-electron chi connectivity index (χ4n) is 1.73. The number of hydrogen-bond donors (Lipinski definition) is 1. The van der Waals surface area contributed by atoms with Crippen LogP contribution in [0.15, 0.2) is 0 Å². The third kappa shape index (κ3) is 3.19. The topological polar surface area (TPSA) is 82.2 Å². The molecule has 1 N–H and O–H groups in total. The Hall–Kier alpha value is -1.63. The van der Waals surface area contributed by atoms with E-state index in [4.69, 9.17) is 4.74 Å². The molecule has 1 aromatic rings. The molecule has 0 amide bonds. The van der Waals surface area contributed by atoms with Gasteiger partial charge in [-0.2, -0.15) is 5.10 Å². The molecule has 0 radical (unpaired) electrons. The van der Waals surface area contributed by atoms with Gasteiger partial charge in [-0.3, -0.25) is 10.1 Å². The van der Waals surface area contributed by atoms with Crippen LogP contribution >= 0.6 is 0 Å². The second kappa shape index (κ2) is 6.34. The van der Waals surface area contributed by atoms with Crippen molar-refractivity contribution in [2.24, 2.45) is 7.05 Å². The van der Waals surface area contributed by atoms with Crippen molar-refractivity contribution in [2.75, 3.05) is 18.5 Å². The number of hydrogen-bond acceptors (Lipinski definition) is 5. The highest BCUT2D eigenvalue weighted by Gasteiger charge is 2.26. The molecule has 7 nitrogen and oxygen atoms in total. The molecule has 102 valence electrons. The maximum atomic E-state index is 11.1. The first-order valence-corrected chi connectivity index (χ1v) is 6.05. The van der Waals surface area contributed by atoms with E-state index in [-0.39, 0.29) is 16.7 Å². The quantitative estimate of drug-likeness (QED) is 0.593. The summed E-state index contributed by atoms with van der Waals surface area (Å²) in [5, 5.41) is 18.3. The molecule has 0 saturated heterocycles. The minimum atomic E-state index is -0.387. The molecule has 1 atom stereocenters. The highest BCUT2D eigenvalue weighted by Crippen LogP contribution is 2.28. The maximum Gasteiger partial charge on any atom is 0.333 e. The highest BCUT2D eigenvalue weighted by molar-refractivity contribution is 5.60. The molecular weight excluding hydrogens is 236 g/mol. The molecule has 1 heterocycles. The Morgan fingerprint density at radius 1 is 1.56 bits per heavy atom. The lowest BCUT2D eigenvalue weighted by Crippen LogP contribution is -2.23. The molecule has 0 bridgehead atoms. The predicted octanol–water partition coefficient (Wildman–Crippen LogP) is 1.73. The van der Waals surface area contributed by atoms with E-state index in [1.54, 1.807) is 7.05 Å². The van der Waals surface area contributed by atoms with E-state index in [0.717, 1.165) is 0 Å². The van der Waals surface area contributed by atoms with Crippen molar-refractivity contribution < 1.29 is 9.66 Å². The molecule has 1 aromatic heterocycles. The van der Waals surface area contributed by atoms with Gasteiger partial charge in [0.15, 0.2) is 0 Å². The van der Waals surface area contributed by atoms with Crippen LogP contribution in [0.3, 0.4) is 0 Å². The van der Waals surface area contributed by atoms with Gasteiger partial charge >= 0.3 is 5.69 Å². The van der Waals surface area contributed by atoms with Crippen LogP contribution in [0.1, 0.15) is 26.5 Å². The first-order valence-electron chi connectivity index (χ1n) is 6.05. The number of aromatic nitrogens is 2. The Bertz CT molecular complexity index is 417. The van der Waals surface area contributed by atoms with Gasteiger partial charge in [0.25, 0.3) is 0 Å². The van der Waals surface area contributed by atoms with Crippen LogP contribution in [0, 0.1) is 10.1 Å². The molecular formula is C11H20N4O3. The Balaban J connectivity index is 2.93. The number of aryl methyl sites for hydroxylation is 2. The van der Waals surface area contributed by atoms with Crippen LogP contribution in [-0.4, -0.2) is 34.0 Å². The summed E-state index contributed by atoms with van der Waals surface area (Å²) in [6.45, 7) is 6.80. The molecule has 0 saturated carbocycles. The lowest BCUT2D eigenvalue weighted by molar-refractivity contribution is -0.384. The molecule has 18 heavy (non-hydrogen) atoms. The molecule has 7 heteroatoms. The van der Waals surface area contributed by atoms with Crippen LogP contribution in [0.2, 0.25) is 0 Å². The minimum absolute atomic E-state index is 0.0104. The van der Waals surface area contributed by atoms with Gasteiger partial charge in [0.2, 0.25) is 5.82 Å². The fourth-order valence-corrected chi connectivity index (χ4v) is 1.73. The van der Waals surface area contributed by atoms with Crippen LogP contribution in [-0.2, 0) is 18.2 Å². The zero-order chi connectivity index (χ0) is 13.7. The summed E-state index contributed by atoms with van der Waals surface area (Å²) in [4.78, 5) is 10.7. The zero-order valence-corrected chi connectivity index (χ0v) is 11.3. The van der Waals surface area contributed by atoms with Crippen LogP contribution in [0.4, 0.5) is 11.5 Å². The first-order chi connectivity index (χ1) is 8.51. The standard InChI is InChI=1S/C11H20N4O3/c1-5-9-10(15(16)17)11(14(4)13-9)12-8(3)7-18-6-2/h8,12H,5-7H2,1-4H3. The van der Waals surface area contributed by atoms with E-state index < -0.39 is 0 Å². The van der Waals surface area contributed by atoms with E-state index in [9.17, 15) is 10.1 Å². The molecule has 0 fully saturated rings. The SMILES string of the molecule is CCOCC(C)Nc1c([N+](=O)[O-])c(CC)nn1C. The number of nitro groups is 1. The number of nitrogens with zero attached hydrogens (tertiary/aromatic N) is 3. The molecule has 0 aliphatic rings. The van der Waals surface area contributed by atoms with Crippen molar-refractivity contribution in [2.45, 2.75) is 33.2 Å². The Morgan fingerprint density at radius 2 is 2.22 bits per heavy atom. The third-order valence-electron chi connectivity index (χ3n) is 2.56. The highest BCUT2D eigenvalue weighted by atomic mass is 16.6. The lowest BCUT2D eigenvalue weighted by atomic mass is 10.3. The lowest BCUT2D eigenvalue weighted by Gasteiger charge is -2.14. The van der Waals surface area contributed by atoms with Gasteiger partial charge in [0.1, 0.15) is 5.69 Å². The fraction of sp³-hybridized carbons (Fsp3) is 0.727. The first kappa shape index (κ1) is 14.4. The molecule has 0 aliphatic carbocycles. The van der Waals surface area contributed by atoms with Crippen molar-refractivity contribution >= 4 is 11.5 Å². The average molecular weight is 256 g/mol. The second-order valence-electron chi connectivity index (χ2n) is 4.08. The minimum Gasteiger partial charge on any atom is -0.380 e. The summed E-state index contributed by atoms with van der Waals surface area (Å²) in [6, 6.07) is -0.0104. The Labute approximate surface area is 106 Å². The molecule has 1 rings (SSSR count). The molecule has 0 aliphatic heterocycles. The zero-order valence-electron chi connectivity index (χ0n) is 11.3. The summed E-state index contributed by atoms with van der Waals surface area (Å²) in [6.07, 6.45) is 0.533. The van der Waals surface area contributed by atoms with Gasteiger partial charge in [0, 0.05) is 19.7 Å². The van der Waals surface area contributed by atoms with Gasteiger partial charge in [-0.15, -0.1) is 0 Å². The number of ether oxygens (including phenoxy) is 1. The van der Waals surface area contributed by atoms with E-state index in [2.05, 4.69) is 10.4 Å². The van der Waals surface area contributed by atoms with Crippen molar-refractivity contribution in [1.82, 2.24) is 9.78 Å². The van der Waals surface area contributed by atoms with Crippen LogP contribution in [0.5, 0.6) is 0 Å². The Morgan fingerprint density at radius 3 is 2.72 bits per heavy atom. The van der Waals surface area contributed by atoms with Gasteiger partial charge in [-0.25, -0.2) is 4.68 Å². The summed E-state index contributed by atoms with van der Waals surface area (Å²) >= 11 is 0. The Kier molecular flexibility index (Phi) is 5.08. The largest absolute Gasteiger partial charge is 0.380 e. The molecule has 0 aromatic carbocycles. The third-order valence-corrected chi connectivity index (χ3v) is 2.56. The van der Waals surface area contributed by atoms with Crippen molar-refractivity contribution in [1.29, 1.82) is 0 Å². The van der Waals surface area contributed by atoms with Gasteiger partial charge in [-0.05, 0) is 20.3 Å². The van der Waals surface area contributed by atoms with Crippen LogP contribution < -0.4 is 5.32 Å². The van der Waals surface area contributed by atoms with Crippen LogP contribution in [0.25, 0.3) is 0 Å². The monoisotopic (exact) mass is 256 g/mol. The van der Waals surface area contributed by atoms with Gasteiger partial charge in [-0.1, -0.05) is 6.92 Å². The molecule has 1 unspecified atom stereocenters. The summed E-state index contributed by atoms with van der Waals surface area (Å²) in [7, 11) is 1.70. The van der Waals surface area contributed by atoms with Crippen molar-refractivity contribution in [3.05, 3.63) is 15.8 Å². The number of rotatable bonds is 7. The summed E-state index contributed by atoms with van der Waals surface area (Å²) in [5.74, 6) is 0.434. The van der Waals surface area contributed by atoms with E-state index >= 15 is 0 Å². The van der Waals surface area contributed by atoms with Crippen molar-refractivity contribution in [3.63, 3.8) is 0 Å². The predicted molar refractivity (Wildman–Crippen MR) is 68.8 cm³/mol. The van der Waals surface area contributed by atoms with Gasteiger partial charge < -0.3 is 10.1 Å². The normalized spacial score (nSPS) is 12.4. The maximum absolute atomic E-state index is 11.1. The van der Waals surface area contributed by atoms with E-state index in [0.29, 0.717) is 31.1 Å². The number of anilines is 1.